The van der Waals surface area contributed by atoms with E-state index in [-0.39, 0.29) is 11.4 Å². The largest absolute Gasteiger partial charge is 0.469 e. The second-order valence-corrected chi connectivity index (χ2v) is 8.89. The first-order chi connectivity index (χ1) is 13.0. The lowest BCUT2D eigenvalue weighted by Crippen LogP contribution is -2.45. The summed E-state index contributed by atoms with van der Waals surface area (Å²) in [7, 11) is 1.53. The van der Waals surface area contributed by atoms with Gasteiger partial charge < -0.3 is 9.64 Å². The summed E-state index contributed by atoms with van der Waals surface area (Å²) in [6.45, 7) is 8.97. The van der Waals surface area contributed by atoms with E-state index in [0.29, 0.717) is 23.8 Å². The van der Waals surface area contributed by atoms with Gasteiger partial charge in [0.2, 0.25) is 0 Å². The van der Waals surface area contributed by atoms with Gasteiger partial charge in [-0.2, -0.15) is 0 Å². The van der Waals surface area contributed by atoms with E-state index in [1.54, 1.807) is 0 Å². The van der Waals surface area contributed by atoms with Crippen molar-refractivity contribution in [3.8, 4) is 0 Å². The summed E-state index contributed by atoms with van der Waals surface area (Å²) in [4.78, 5) is 15.1. The number of allylic oxidation sites excluding steroid dienone is 1. The van der Waals surface area contributed by atoms with Crippen molar-refractivity contribution in [2.24, 2.45) is 23.2 Å². The van der Waals surface area contributed by atoms with Crippen molar-refractivity contribution in [3.63, 3.8) is 0 Å². The highest BCUT2D eigenvalue weighted by Crippen LogP contribution is 2.47. The van der Waals surface area contributed by atoms with Crippen LogP contribution in [0.1, 0.15) is 52.0 Å². The predicted molar refractivity (Wildman–Crippen MR) is 111 cm³/mol. The third-order valence-corrected chi connectivity index (χ3v) is 7.08. The molecular formula is C24H35NO2. The number of rotatable bonds is 5. The zero-order chi connectivity index (χ0) is 19.4. The Bertz CT molecular complexity index is 654. The van der Waals surface area contributed by atoms with Crippen LogP contribution in [0.3, 0.4) is 0 Å². The van der Waals surface area contributed by atoms with Crippen molar-refractivity contribution in [2.45, 2.75) is 52.5 Å². The molecule has 0 aromatic heterocycles. The second-order valence-electron chi connectivity index (χ2n) is 8.89. The van der Waals surface area contributed by atoms with Gasteiger partial charge in [0.1, 0.15) is 0 Å². The van der Waals surface area contributed by atoms with Crippen LogP contribution in [0.2, 0.25) is 0 Å². The average molecular weight is 370 g/mol. The molecule has 1 aliphatic heterocycles. The number of ether oxygens (including phenoxy) is 1. The molecule has 0 N–H and O–H groups in total. The molecule has 3 heteroatoms. The summed E-state index contributed by atoms with van der Waals surface area (Å²) in [6.07, 6.45) is 8.91. The molecule has 2 fully saturated rings. The smallest absolute Gasteiger partial charge is 0.312 e. The van der Waals surface area contributed by atoms with Crippen molar-refractivity contribution in [3.05, 3.63) is 42.0 Å². The summed E-state index contributed by atoms with van der Waals surface area (Å²) >= 11 is 0. The Balaban J connectivity index is 1.60. The van der Waals surface area contributed by atoms with Crippen molar-refractivity contribution in [1.82, 2.24) is 4.90 Å². The van der Waals surface area contributed by atoms with Gasteiger partial charge in [-0.15, -0.1) is 0 Å². The van der Waals surface area contributed by atoms with Gasteiger partial charge in [-0.05, 0) is 55.5 Å². The fourth-order valence-electron chi connectivity index (χ4n) is 5.12. The second kappa shape index (κ2) is 8.60. The Labute approximate surface area is 164 Å². The Morgan fingerprint density at radius 1 is 1.26 bits per heavy atom. The summed E-state index contributed by atoms with van der Waals surface area (Å²) in [5.41, 5.74) is 0.995. The third kappa shape index (κ3) is 4.29. The lowest BCUT2D eigenvalue weighted by molar-refractivity contribution is -0.155. The molecule has 1 heterocycles. The minimum atomic E-state index is -0.285. The van der Waals surface area contributed by atoms with Crippen LogP contribution in [0.4, 0.5) is 0 Å². The van der Waals surface area contributed by atoms with Gasteiger partial charge in [-0.3, -0.25) is 4.79 Å². The molecular weight excluding hydrogens is 334 g/mol. The van der Waals surface area contributed by atoms with E-state index < -0.39 is 0 Å². The molecule has 1 aromatic carbocycles. The molecule has 1 aromatic rings. The SMILES string of the molecule is COC(=O)C1(C(C)C)CCC(N2CC[C@@H](/C=C\c3ccccc3)[C@@H](C)C2)C1. The first kappa shape index (κ1) is 20.1. The van der Waals surface area contributed by atoms with Gasteiger partial charge >= 0.3 is 5.97 Å². The molecule has 0 spiro atoms. The summed E-state index contributed by atoms with van der Waals surface area (Å²) < 4.78 is 5.18. The van der Waals surface area contributed by atoms with Crippen LogP contribution in [0.15, 0.2) is 36.4 Å². The van der Waals surface area contributed by atoms with Crippen LogP contribution in [-0.4, -0.2) is 37.1 Å². The zero-order valence-corrected chi connectivity index (χ0v) is 17.4. The van der Waals surface area contributed by atoms with Crippen molar-refractivity contribution in [2.75, 3.05) is 20.2 Å². The molecule has 3 rings (SSSR count). The molecule has 0 radical (unpaired) electrons. The summed E-state index contributed by atoms with van der Waals surface area (Å²) in [6, 6.07) is 11.1. The molecule has 148 valence electrons. The minimum absolute atomic E-state index is 0.00581. The molecule has 4 atom stereocenters. The third-order valence-electron chi connectivity index (χ3n) is 7.08. The van der Waals surface area contributed by atoms with Crippen molar-refractivity contribution in [1.29, 1.82) is 0 Å². The maximum Gasteiger partial charge on any atom is 0.312 e. The number of likely N-dealkylation sites (tertiary alicyclic amines) is 1. The zero-order valence-electron chi connectivity index (χ0n) is 17.4. The Kier molecular flexibility index (Phi) is 6.41. The lowest BCUT2D eigenvalue weighted by atomic mass is 9.75. The molecule has 0 amide bonds. The normalized spacial score (nSPS) is 32.3. The van der Waals surface area contributed by atoms with E-state index in [0.717, 1.165) is 32.4 Å². The van der Waals surface area contributed by atoms with E-state index in [1.165, 1.54) is 19.1 Å². The lowest BCUT2D eigenvalue weighted by Gasteiger charge is -2.40. The van der Waals surface area contributed by atoms with Gasteiger partial charge in [-0.25, -0.2) is 0 Å². The molecule has 2 unspecified atom stereocenters. The van der Waals surface area contributed by atoms with Crippen LogP contribution >= 0.6 is 0 Å². The molecule has 3 nitrogen and oxygen atoms in total. The average Bonchev–Trinajstić information content (AvgIpc) is 3.14. The molecule has 2 aliphatic rings. The van der Waals surface area contributed by atoms with Gasteiger partial charge in [0.25, 0.3) is 0 Å². The van der Waals surface area contributed by atoms with E-state index in [9.17, 15) is 4.79 Å². The summed E-state index contributed by atoms with van der Waals surface area (Å²) in [5, 5.41) is 0. The minimum Gasteiger partial charge on any atom is -0.469 e. The fraction of sp³-hybridized carbons (Fsp3) is 0.625. The van der Waals surface area contributed by atoms with Crippen LogP contribution < -0.4 is 0 Å². The highest BCUT2D eigenvalue weighted by atomic mass is 16.5. The van der Waals surface area contributed by atoms with Gasteiger partial charge in [0, 0.05) is 12.6 Å². The standard InChI is InChI=1S/C24H35NO2/c1-18(2)24(23(26)27-4)14-12-22(16-24)25-15-13-21(19(3)17-25)11-10-20-8-6-5-7-9-20/h5-11,18-19,21-22H,12-17H2,1-4H3/b11-10-/t19-,21+,22?,24?/m0/s1. The van der Waals surface area contributed by atoms with Crippen molar-refractivity contribution < 1.29 is 9.53 Å². The Morgan fingerprint density at radius 2 is 2.00 bits per heavy atom. The first-order valence-corrected chi connectivity index (χ1v) is 10.5. The molecule has 27 heavy (non-hydrogen) atoms. The fourth-order valence-corrected chi connectivity index (χ4v) is 5.12. The quantitative estimate of drug-likeness (QED) is 0.682. The maximum absolute atomic E-state index is 12.5. The van der Waals surface area contributed by atoms with Crippen LogP contribution in [0.25, 0.3) is 6.08 Å². The van der Waals surface area contributed by atoms with Crippen molar-refractivity contribution >= 4 is 12.0 Å². The maximum atomic E-state index is 12.5. The van der Waals surface area contributed by atoms with Crippen LogP contribution in [-0.2, 0) is 9.53 Å². The van der Waals surface area contributed by atoms with E-state index >= 15 is 0 Å². The van der Waals surface area contributed by atoms with E-state index in [1.807, 2.05) is 0 Å². The predicted octanol–water partition coefficient (Wildman–Crippen LogP) is 5.03. The number of carbonyl (C=O) groups excluding carboxylic acids is 1. The Morgan fingerprint density at radius 3 is 2.63 bits per heavy atom. The van der Waals surface area contributed by atoms with Crippen LogP contribution in [0, 0.1) is 23.2 Å². The number of carbonyl (C=O) groups is 1. The van der Waals surface area contributed by atoms with E-state index in [4.69, 9.17) is 4.74 Å². The van der Waals surface area contributed by atoms with Gasteiger partial charge in [0.15, 0.2) is 0 Å². The van der Waals surface area contributed by atoms with Gasteiger partial charge in [0.05, 0.1) is 12.5 Å². The topological polar surface area (TPSA) is 29.5 Å². The Hall–Kier alpha value is -1.61. The number of esters is 1. The first-order valence-electron chi connectivity index (χ1n) is 10.5. The molecule has 1 saturated carbocycles. The van der Waals surface area contributed by atoms with Crippen LogP contribution in [0.5, 0.6) is 0 Å². The number of nitrogens with zero attached hydrogens (tertiary/aromatic N) is 1. The number of piperidine rings is 1. The monoisotopic (exact) mass is 369 g/mol. The number of hydrogen-bond donors (Lipinski definition) is 0. The number of benzene rings is 1. The highest BCUT2D eigenvalue weighted by molar-refractivity contribution is 5.77. The number of methoxy groups -OCH3 is 1. The molecule has 1 aliphatic carbocycles. The van der Waals surface area contributed by atoms with E-state index in [2.05, 4.69) is 68.2 Å². The molecule has 0 bridgehead atoms. The number of hydrogen-bond acceptors (Lipinski definition) is 3. The molecule has 1 saturated heterocycles. The summed E-state index contributed by atoms with van der Waals surface area (Å²) in [5.74, 6) is 1.61. The highest BCUT2D eigenvalue weighted by Gasteiger charge is 2.50. The van der Waals surface area contributed by atoms with Gasteiger partial charge in [-0.1, -0.05) is 63.3 Å².